The van der Waals surface area contributed by atoms with E-state index in [9.17, 15) is 10.1 Å². The van der Waals surface area contributed by atoms with E-state index < -0.39 is 10.5 Å². The summed E-state index contributed by atoms with van der Waals surface area (Å²) < 4.78 is 4.95. The van der Waals surface area contributed by atoms with Crippen molar-refractivity contribution in [2.45, 2.75) is 19.4 Å². The Morgan fingerprint density at radius 2 is 2.18 bits per heavy atom. The molecule has 1 aromatic carbocycles. The summed E-state index contributed by atoms with van der Waals surface area (Å²) in [5, 5.41) is 13.9. The molecule has 0 spiro atoms. The van der Waals surface area contributed by atoms with E-state index in [-0.39, 0.29) is 5.69 Å². The second kappa shape index (κ2) is 5.01. The fourth-order valence-corrected chi connectivity index (χ4v) is 1.26. The number of methoxy groups -OCH3 is 1. The quantitative estimate of drug-likeness (QED) is 0.603. The number of benzene rings is 1. The van der Waals surface area contributed by atoms with Crippen LogP contribution < -0.4 is 15.8 Å². The van der Waals surface area contributed by atoms with Gasteiger partial charge < -0.3 is 15.8 Å². The Balaban J connectivity index is 2.95. The molecule has 0 aliphatic heterocycles. The lowest BCUT2D eigenvalue weighted by molar-refractivity contribution is -0.384. The Morgan fingerprint density at radius 3 is 2.65 bits per heavy atom. The number of rotatable bonds is 5. The van der Waals surface area contributed by atoms with Crippen molar-refractivity contribution < 1.29 is 9.66 Å². The maximum atomic E-state index is 10.9. The molecule has 0 saturated heterocycles. The van der Waals surface area contributed by atoms with Crippen LogP contribution in [0.2, 0.25) is 0 Å². The molecule has 94 valence electrons. The number of nitrogens with one attached hydrogen (secondary N) is 1. The molecule has 6 nitrogen and oxygen atoms in total. The minimum absolute atomic E-state index is 0.0198. The third-order valence-corrected chi connectivity index (χ3v) is 2.14. The first-order chi connectivity index (χ1) is 7.83. The van der Waals surface area contributed by atoms with Gasteiger partial charge in [-0.3, -0.25) is 10.1 Å². The highest BCUT2D eigenvalue weighted by Gasteiger charge is 2.17. The standard InChI is InChI=1S/C11H17N3O3/c1-11(2,12)7-13-9-5-4-8(17-3)6-10(9)14(15)16/h4-6,13H,7,12H2,1-3H3. The molecule has 0 aliphatic rings. The van der Waals surface area contributed by atoms with Gasteiger partial charge in [0.25, 0.3) is 5.69 Å². The molecule has 3 N–H and O–H groups in total. The predicted molar refractivity (Wildman–Crippen MR) is 66.4 cm³/mol. The van der Waals surface area contributed by atoms with Crippen LogP contribution in [0.3, 0.4) is 0 Å². The van der Waals surface area contributed by atoms with Crippen molar-refractivity contribution in [3.63, 3.8) is 0 Å². The molecule has 0 unspecified atom stereocenters. The highest BCUT2D eigenvalue weighted by molar-refractivity contribution is 5.64. The van der Waals surface area contributed by atoms with Gasteiger partial charge in [0.15, 0.2) is 0 Å². The molecule has 0 fully saturated rings. The second-order valence-corrected chi connectivity index (χ2v) is 4.48. The summed E-state index contributed by atoms with van der Waals surface area (Å²) in [6.45, 7) is 4.13. The first kappa shape index (κ1) is 13.2. The van der Waals surface area contributed by atoms with Crippen LogP contribution in [0.5, 0.6) is 5.75 Å². The third kappa shape index (κ3) is 3.92. The van der Waals surface area contributed by atoms with Crippen molar-refractivity contribution in [2.75, 3.05) is 19.0 Å². The van der Waals surface area contributed by atoms with Crippen LogP contribution in [0.4, 0.5) is 11.4 Å². The summed E-state index contributed by atoms with van der Waals surface area (Å²) >= 11 is 0. The molecule has 6 heteroatoms. The van der Waals surface area contributed by atoms with E-state index in [1.165, 1.54) is 13.2 Å². The molecule has 0 aliphatic carbocycles. The summed E-state index contributed by atoms with van der Waals surface area (Å²) in [5.41, 5.74) is 5.79. The average molecular weight is 239 g/mol. The molecular weight excluding hydrogens is 222 g/mol. The SMILES string of the molecule is COc1ccc(NCC(C)(C)N)c([N+](=O)[O-])c1. The summed E-state index contributed by atoms with van der Waals surface area (Å²) in [6, 6.07) is 4.66. The normalized spacial score (nSPS) is 11.1. The number of nitro benzene ring substituents is 1. The van der Waals surface area contributed by atoms with Crippen molar-refractivity contribution >= 4 is 11.4 Å². The second-order valence-electron chi connectivity index (χ2n) is 4.48. The Kier molecular flexibility index (Phi) is 3.90. The van der Waals surface area contributed by atoms with Gasteiger partial charge in [0, 0.05) is 12.1 Å². The van der Waals surface area contributed by atoms with E-state index >= 15 is 0 Å². The van der Waals surface area contributed by atoms with Crippen molar-refractivity contribution in [2.24, 2.45) is 5.73 Å². The van der Waals surface area contributed by atoms with Gasteiger partial charge >= 0.3 is 0 Å². The Morgan fingerprint density at radius 1 is 1.53 bits per heavy atom. The van der Waals surface area contributed by atoms with Crippen LogP contribution in [-0.2, 0) is 0 Å². The van der Waals surface area contributed by atoms with Gasteiger partial charge in [-0.2, -0.15) is 0 Å². The third-order valence-electron chi connectivity index (χ3n) is 2.14. The van der Waals surface area contributed by atoms with Crippen molar-refractivity contribution in [1.82, 2.24) is 0 Å². The first-order valence-corrected chi connectivity index (χ1v) is 5.18. The largest absolute Gasteiger partial charge is 0.496 e. The lowest BCUT2D eigenvalue weighted by Crippen LogP contribution is -2.39. The van der Waals surface area contributed by atoms with Crippen LogP contribution in [0.25, 0.3) is 0 Å². The van der Waals surface area contributed by atoms with Gasteiger partial charge in [-0.15, -0.1) is 0 Å². The van der Waals surface area contributed by atoms with E-state index in [1.54, 1.807) is 12.1 Å². The lowest BCUT2D eigenvalue weighted by Gasteiger charge is -2.19. The maximum Gasteiger partial charge on any atom is 0.296 e. The molecule has 0 amide bonds. The van der Waals surface area contributed by atoms with Gasteiger partial charge in [-0.05, 0) is 26.0 Å². The van der Waals surface area contributed by atoms with Crippen LogP contribution >= 0.6 is 0 Å². The summed E-state index contributed by atoms with van der Waals surface area (Å²) in [7, 11) is 1.47. The minimum atomic E-state index is -0.450. The first-order valence-electron chi connectivity index (χ1n) is 5.18. The summed E-state index contributed by atoms with van der Waals surface area (Å²) in [4.78, 5) is 10.4. The number of ether oxygens (including phenoxy) is 1. The van der Waals surface area contributed by atoms with E-state index in [0.717, 1.165) is 0 Å². The summed E-state index contributed by atoms with van der Waals surface area (Å²) in [5.74, 6) is 0.453. The minimum Gasteiger partial charge on any atom is -0.496 e. The molecule has 0 radical (unpaired) electrons. The van der Waals surface area contributed by atoms with Gasteiger partial charge in [0.05, 0.1) is 18.1 Å². The average Bonchev–Trinajstić information content (AvgIpc) is 2.25. The number of anilines is 1. The topological polar surface area (TPSA) is 90.4 Å². The van der Waals surface area contributed by atoms with Crippen molar-refractivity contribution in [3.8, 4) is 5.75 Å². The van der Waals surface area contributed by atoms with Crippen LogP contribution in [-0.4, -0.2) is 24.1 Å². The molecule has 17 heavy (non-hydrogen) atoms. The molecule has 1 rings (SSSR count). The highest BCUT2D eigenvalue weighted by Crippen LogP contribution is 2.29. The Labute approximate surface area is 99.9 Å². The number of hydrogen-bond donors (Lipinski definition) is 2. The number of nitro groups is 1. The van der Waals surface area contributed by atoms with Gasteiger partial charge in [-0.25, -0.2) is 0 Å². The monoisotopic (exact) mass is 239 g/mol. The zero-order valence-electron chi connectivity index (χ0n) is 10.2. The molecule has 1 aromatic rings. The molecular formula is C11H17N3O3. The fourth-order valence-electron chi connectivity index (χ4n) is 1.26. The van der Waals surface area contributed by atoms with Crippen LogP contribution in [0.1, 0.15) is 13.8 Å². The zero-order valence-corrected chi connectivity index (χ0v) is 10.2. The van der Waals surface area contributed by atoms with E-state index in [1.807, 2.05) is 13.8 Å². The van der Waals surface area contributed by atoms with Gasteiger partial charge in [0.2, 0.25) is 0 Å². The van der Waals surface area contributed by atoms with Crippen molar-refractivity contribution in [1.29, 1.82) is 0 Å². The molecule has 0 saturated carbocycles. The predicted octanol–water partition coefficient (Wildman–Crippen LogP) is 1.75. The van der Waals surface area contributed by atoms with Gasteiger partial charge in [-0.1, -0.05) is 0 Å². The fraction of sp³-hybridized carbons (Fsp3) is 0.455. The zero-order chi connectivity index (χ0) is 13.1. The molecule has 0 aromatic heterocycles. The van der Waals surface area contributed by atoms with Crippen LogP contribution in [0.15, 0.2) is 18.2 Å². The van der Waals surface area contributed by atoms with E-state index in [4.69, 9.17) is 10.5 Å². The molecule has 0 heterocycles. The summed E-state index contributed by atoms with van der Waals surface area (Å²) in [6.07, 6.45) is 0. The van der Waals surface area contributed by atoms with E-state index in [0.29, 0.717) is 18.0 Å². The number of hydrogen-bond acceptors (Lipinski definition) is 5. The maximum absolute atomic E-state index is 10.9. The number of nitrogens with two attached hydrogens (primary N) is 1. The molecule has 0 bridgehead atoms. The van der Waals surface area contributed by atoms with E-state index in [2.05, 4.69) is 5.32 Å². The van der Waals surface area contributed by atoms with Gasteiger partial charge in [0.1, 0.15) is 11.4 Å². The smallest absolute Gasteiger partial charge is 0.296 e. The number of nitrogens with zero attached hydrogens (tertiary/aromatic N) is 1. The Hall–Kier alpha value is -1.82. The van der Waals surface area contributed by atoms with Crippen molar-refractivity contribution in [3.05, 3.63) is 28.3 Å². The molecule has 0 atom stereocenters. The Bertz CT molecular complexity index is 413. The highest BCUT2D eigenvalue weighted by atomic mass is 16.6. The lowest BCUT2D eigenvalue weighted by atomic mass is 10.1. The van der Waals surface area contributed by atoms with Crippen LogP contribution in [0, 0.1) is 10.1 Å².